The fourth-order valence-corrected chi connectivity index (χ4v) is 2.86. The van der Waals surface area contributed by atoms with Crippen LogP contribution in [0.4, 0.5) is 0 Å². The van der Waals surface area contributed by atoms with Gasteiger partial charge in [0.15, 0.2) is 5.96 Å². The van der Waals surface area contributed by atoms with Crippen molar-refractivity contribution >= 4 is 29.9 Å². The fraction of sp³-hybridized carbons (Fsp3) is 0.667. The molecule has 1 atom stereocenters. The van der Waals surface area contributed by atoms with Gasteiger partial charge < -0.3 is 20.3 Å². The molecule has 27 heavy (non-hydrogen) atoms. The summed E-state index contributed by atoms with van der Waals surface area (Å²) in [6, 6.07) is 8.64. The molecule has 0 fully saturated rings. The maximum atomic E-state index is 5.82. The predicted octanol–water partition coefficient (Wildman–Crippen LogP) is 3.87. The normalized spacial score (nSPS) is 12.8. The monoisotopic (exact) mass is 490 g/mol. The van der Waals surface area contributed by atoms with Crippen molar-refractivity contribution in [3.8, 4) is 0 Å². The fourth-order valence-electron chi connectivity index (χ4n) is 2.86. The number of nitrogens with one attached hydrogen (secondary N) is 2. The van der Waals surface area contributed by atoms with Gasteiger partial charge in [0.25, 0.3) is 0 Å². The molecule has 1 aromatic carbocycles. The van der Waals surface area contributed by atoms with E-state index in [4.69, 9.17) is 9.73 Å². The van der Waals surface area contributed by atoms with Crippen LogP contribution < -0.4 is 10.6 Å². The van der Waals surface area contributed by atoms with Gasteiger partial charge in [-0.05, 0) is 51.4 Å². The Bertz CT molecular complexity index is 535. The molecule has 1 unspecified atom stereocenters. The van der Waals surface area contributed by atoms with E-state index in [1.165, 1.54) is 11.1 Å². The van der Waals surface area contributed by atoms with Crippen LogP contribution in [0.15, 0.2) is 29.3 Å². The summed E-state index contributed by atoms with van der Waals surface area (Å²) in [7, 11) is 4.18. The van der Waals surface area contributed by atoms with Gasteiger partial charge in [-0.1, -0.05) is 38.1 Å². The molecule has 0 aliphatic heterocycles. The van der Waals surface area contributed by atoms with Crippen molar-refractivity contribution in [3.05, 3.63) is 35.4 Å². The zero-order valence-electron chi connectivity index (χ0n) is 17.9. The van der Waals surface area contributed by atoms with E-state index in [0.717, 1.165) is 38.6 Å². The highest BCUT2D eigenvalue weighted by atomic mass is 127. The summed E-state index contributed by atoms with van der Waals surface area (Å²) in [5, 5.41) is 6.76. The Kier molecular flexibility index (Phi) is 14.6. The van der Waals surface area contributed by atoms with Crippen LogP contribution in [0, 0.1) is 5.92 Å². The molecule has 156 valence electrons. The minimum Gasteiger partial charge on any atom is -0.378 e. The molecule has 5 nitrogen and oxygen atoms in total. The quantitative estimate of drug-likeness (QED) is 0.281. The number of hydrogen-bond donors (Lipinski definition) is 2. The SMILES string of the molecule is CCNC(=NCc1cccc(CN(C)C)c1)NCCC(OCC)C(C)C.I. The van der Waals surface area contributed by atoms with Crippen molar-refractivity contribution < 1.29 is 4.74 Å². The maximum absolute atomic E-state index is 5.82. The number of guanidine groups is 1. The van der Waals surface area contributed by atoms with Crippen LogP contribution in [0.2, 0.25) is 0 Å². The zero-order chi connectivity index (χ0) is 19.4. The average molecular weight is 490 g/mol. The Morgan fingerprint density at radius 1 is 1.15 bits per heavy atom. The second-order valence-electron chi connectivity index (χ2n) is 7.21. The number of nitrogens with zero attached hydrogens (tertiary/aromatic N) is 2. The highest BCUT2D eigenvalue weighted by molar-refractivity contribution is 14.0. The molecular weight excluding hydrogens is 451 g/mol. The van der Waals surface area contributed by atoms with Crippen molar-refractivity contribution in [2.75, 3.05) is 33.8 Å². The summed E-state index contributed by atoms with van der Waals surface area (Å²) in [4.78, 5) is 6.91. The molecule has 0 saturated carbocycles. The van der Waals surface area contributed by atoms with E-state index in [-0.39, 0.29) is 30.1 Å². The van der Waals surface area contributed by atoms with E-state index in [0.29, 0.717) is 12.5 Å². The first-order valence-electron chi connectivity index (χ1n) is 9.82. The molecule has 0 spiro atoms. The summed E-state index contributed by atoms with van der Waals surface area (Å²) in [5.41, 5.74) is 2.55. The lowest BCUT2D eigenvalue weighted by atomic mass is 10.0. The molecule has 0 aliphatic rings. The van der Waals surface area contributed by atoms with Gasteiger partial charge in [0.2, 0.25) is 0 Å². The Morgan fingerprint density at radius 3 is 2.44 bits per heavy atom. The van der Waals surface area contributed by atoms with Gasteiger partial charge in [0.1, 0.15) is 0 Å². The van der Waals surface area contributed by atoms with Gasteiger partial charge in [-0.15, -0.1) is 24.0 Å². The summed E-state index contributed by atoms with van der Waals surface area (Å²) >= 11 is 0. The van der Waals surface area contributed by atoms with Gasteiger partial charge in [-0.3, -0.25) is 0 Å². The van der Waals surface area contributed by atoms with E-state index in [9.17, 15) is 0 Å². The van der Waals surface area contributed by atoms with Crippen molar-refractivity contribution in [3.63, 3.8) is 0 Å². The first-order valence-corrected chi connectivity index (χ1v) is 9.82. The molecule has 0 aromatic heterocycles. The van der Waals surface area contributed by atoms with Crippen LogP contribution in [0.25, 0.3) is 0 Å². The third-order valence-corrected chi connectivity index (χ3v) is 4.10. The molecule has 0 saturated heterocycles. The number of halogens is 1. The van der Waals surface area contributed by atoms with Gasteiger partial charge in [0.05, 0.1) is 12.6 Å². The van der Waals surface area contributed by atoms with Crippen LogP contribution in [-0.2, 0) is 17.8 Å². The summed E-state index contributed by atoms with van der Waals surface area (Å²) in [6.07, 6.45) is 1.27. The first-order chi connectivity index (χ1) is 12.5. The van der Waals surface area contributed by atoms with Gasteiger partial charge in [0, 0.05) is 26.2 Å². The molecular formula is C21H39IN4O. The first kappa shape index (κ1) is 26.1. The van der Waals surface area contributed by atoms with E-state index in [1.807, 2.05) is 0 Å². The maximum Gasteiger partial charge on any atom is 0.191 e. The second-order valence-corrected chi connectivity index (χ2v) is 7.21. The molecule has 0 radical (unpaired) electrons. The van der Waals surface area contributed by atoms with Crippen molar-refractivity contribution in [1.29, 1.82) is 0 Å². The molecule has 6 heteroatoms. The number of benzene rings is 1. The summed E-state index contributed by atoms with van der Waals surface area (Å²) in [6.45, 7) is 12.7. The lowest BCUT2D eigenvalue weighted by Gasteiger charge is -2.21. The molecule has 0 aliphatic carbocycles. The Hall–Kier alpha value is -0.860. The largest absolute Gasteiger partial charge is 0.378 e. The lowest BCUT2D eigenvalue weighted by molar-refractivity contribution is 0.0258. The molecule has 0 bridgehead atoms. The Morgan fingerprint density at radius 2 is 1.85 bits per heavy atom. The standard InChI is InChI=1S/C21H38N4O.HI/c1-7-22-21(23-13-12-20(17(3)4)26-8-2)24-15-18-10-9-11-19(14-18)16-25(5)6;/h9-11,14,17,20H,7-8,12-13,15-16H2,1-6H3,(H2,22,23,24);1H. The lowest BCUT2D eigenvalue weighted by Crippen LogP contribution is -2.39. The van der Waals surface area contributed by atoms with Crippen molar-refractivity contribution in [2.45, 2.75) is 53.3 Å². The third-order valence-electron chi connectivity index (χ3n) is 4.10. The highest BCUT2D eigenvalue weighted by Crippen LogP contribution is 2.10. The number of aliphatic imine (C=N–C) groups is 1. The van der Waals surface area contributed by atoms with Crippen molar-refractivity contribution in [1.82, 2.24) is 15.5 Å². The van der Waals surface area contributed by atoms with Crippen LogP contribution in [0.1, 0.15) is 45.2 Å². The van der Waals surface area contributed by atoms with E-state index in [2.05, 4.69) is 81.6 Å². The minimum atomic E-state index is 0. The van der Waals surface area contributed by atoms with Crippen LogP contribution in [0.3, 0.4) is 0 Å². The predicted molar refractivity (Wildman–Crippen MR) is 127 cm³/mol. The van der Waals surface area contributed by atoms with E-state index >= 15 is 0 Å². The summed E-state index contributed by atoms with van der Waals surface area (Å²) < 4.78 is 5.82. The van der Waals surface area contributed by atoms with E-state index in [1.54, 1.807) is 0 Å². The summed E-state index contributed by atoms with van der Waals surface area (Å²) in [5.74, 6) is 1.39. The second kappa shape index (κ2) is 15.1. The van der Waals surface area contributed by atoms with Gasteiger partial charge in [-0.2, -0.15) is 0 Å². The van der Waals surface area contributed by atoms with Crippen molar-refractivity contribution in [2.24, 2.45) is 10.9 Å². The number of ether oxygens (including phenoxy) is 1. The molecule has 1 rings (SSSR count). The van der Waals surface area contributed by atoms with Crippen LogP contribution in [0.5, 0.6) is 0 Å². The van der Waals surface area contributed by atoms with E-state index < -0.39 is 0 Å². The van der Waals surface area contributed by atoms with Gasteiger partial charge >= 0.3 is 0 Å². The Balaban J connectivity index is 0.00000676. The molecule has 0 heterocycles. The zero-order valence-corrected chi connectivity index (χ0v) is 20.2. The minimum absolute atomic E-state index is 0. The highest BCUT2D eigenvalue weighted by Gasteiger charge is 2.12. The van der Waals surface area contributed by atoms with Crippen LogP contribution in [-0.4, -0.2) is 50.8 Å². The number of hydrogen-bond acceptors (Lipinski definition) is 3. The smallest absolute Gasteiger partial charge is 0.191 e. The molecule has 1 aromatic rings. The van der Waals surface area contributed by atoms with Crippen LogP contribution >= 0.6 is 24.0 Å². The molecule has 0 amide bonds. The topological polar surface area (TPSA) is 48.9 Å². The molecule has 2 N–H and O–H groups in total. The Labute approximate surface area is 183 Å². The number of rotatable bonds is 11. The third kappa shape index (κ3) is 11.5. The average Bonchev–Trinajstić information content (AvgIpc) is 2.58. The van der Waals surface area contributed by atoms with Gasteiger partial charge in [-0.25, -0.2) is 4.99 Å².